The summed E-state index contributed by atoms with van der Waals surface area (Å²) in [4.78, 5) is 9.15. The Kier molecular flexibility index (Phi) is 6.08. The van der Waals surface area contributed by atoms with Gasteiger partial charge in [-0.1, -0.05) is 36.4 Å². The van der Waals surface area contributed by atoms with E-state index >= 15 is 0 Å². The molecule has 0 aliphatic heterocycles. The van der Waals surface area contributed by atoms with Gasteiger partial charge in [0.25, 0.3) is 0 Å². The van der Waals surface area contributed by atoms with Gasteiger partial charge < -0.3 is 15.1 Å². The molecule has 1 atom stereocenters. The lowest BCUT2D eigenvalue weighted by atomic mass is 10.0. The molecule has 4 aromatic rings. The van der Waals surface area contributed by atoms with Crippen molar-refractivity contribution in [2.75, 3.05) is 13.1 Å². The van der Waals surface area contributed by atoms with Crippen LogP contribution in [-0.4, -0.2) is 34.2 Å². The maximum absolute atomic E-state index is 5.33. The summed E-state index contributed by atoms with van der Waals surface area (Å²) in [6, 6.07) is 18.7. The van der Waals surface area contributed by atoms with Crippen molar-refractivity contribution < 1.29 is 4.42 Å². The first kappa shape index (κ1) is 19.7. The highest BCUT2D eigenvalue weighted by molar-refractivity contribution is 5.84. The fraction of sp³-hybridized carbons (Fsp3) is 0.261. The van der Waals surface area contributed by atoms with Crippen LogP contribution in [0.15, 0.2) is 70.3 Å². The molecule has 7 heteroatoms. The minimum Gasteiger partial charge on any atom is -0.461 e. The van der Waals surface area contributed by atoms with Crippen LogP contribution in [0.4, 0.5) is 0 Å². The number of fused-ring (bicyclic) bond motifs is 1. The normalized spacial score (nSPS) is 12.8. The van der Waals surface area contributed by atoms with Gasteiger partial charge in [-0.2, -0.15) is 5.10 Å². The van der Waals surface area contributed by atoms with Crippen LogP contribution < -0.4 is 10.6 Å². The van der Waals surface area contributed by atoms with Gasteiger partial charge in [0.05, 0.1) is 12.3 Å². The predicted molar refractivity (Wildman–Crippen MR) is 119 cm³/mol. The maximum Gasteiger partial charge on any atom is 0.216 e. The Morgan fingerprint density at radius 3 is 2.80 bits per heavy atom. The molecule has 7 nitrogen and oxygen atoms in total. The number of aromatic nitrogens is 3. The number of aliphatic imine (C=N–C) groups is 1. The monoisotopic (exact) mass is 402 g/mol. The number of furan rings is 1. The lowest BCUT2D eigenvalue weighted by Crippen LogP contribution is -2.38. The van der Waals surface area contributed by atoms with Crippen LogP contribution in [0.1, 0.15) is 31.3 Å². The molecule has 3 N–H and O–H groups in total. The van der Waals surface area contributed by atoms with Gasteiger partial charge in [-0.3, -0.25) is 10.1 Å². The van der Waals surface area contributed by atoms with Crippen LogP contribution in [0.3, 0.4) is 0 Å². The van der Waals surface area contributed by atoms with Crippen LogP contribution in [0.25, 0.3) is 22.4 Å². The molecule has 0 fully saturated rings. The third kappa shape index (κ3) is 4.68. The number of rotatable bonds is 7. The average molecular weight is 403 g/mol. The number of aromatic amines is 1. The Morgan fingerprint density at radius 2 is 2.00 bits per heavy atom. The molecule has 2 heterocycles. The third-order valence-corrected chi connectivity index (χ3v) is 4.86. The average Bonchev–Trinajstić information content (AvgIpc) is 3.45. The summed E-state index contributed by atoms with van der Waals surface area (Å²) < 4.78 is 5.33. The van der Waals surface area contributed by atoms with E-state index in [4.69, 9.17) is 9.41 Å². The van der Waals surface area contributed by atoms with Crippen molar-refractivity contribution in [1.29, 1.82) is 0 Å². The summed E-state index contributed by atoms with van der Waals surface area (Å²) in [6.45, 7) is 5.58. The van der Waals surface area contributed by atoms with E-state index in [2.05, 4.69) is 82.1 Å². The van der Waals surface area contributed by atoms with E-state index in [1.54, 1.807) is 6.26 Å². The van der Waals surface area contributed by atoms with E-state index in [1.165, 1.54) is 16.3 Å². The fourth-order valence-electron chi connectivity index (χ4n) is 3.28. The van der Waals surface area contributed by atoms with Gasteiger partial charge in [0.15, 0.2) is 11.7 Å². The third-order valence-electron chi connectivity index (χ3n) is 4.86. The minimum atomic E-state index is 0.128. The predicted octanol–water partition coefficient (Wildman–Crippen LogP) is 4.08. The number of benzene rings is 2. The Balaban J connectivity index is 1.39. The lowest BCUT2D eigenvalue weighted by Gasteiger charge is -2.18. The van der Waals surface area contributed by atoms with Crippen LogP contribution in [0.5, 0.6) is 0 Å². The fourth-order valence-corrected chi connectivity index (χ4v) is 3.28. The maximum atomic E-state index is 5.33. The number of H-pyrrole nitrogens is 1. The van der Waals surface area contributed by atoms with Crippen molar-refractivity contribution >= 4 is 16.7 Å². The van der Waals surface area contributed by atoms with Crippen LogP contribution in [0, 0.1) is 0 Å². The quantitative estimate of drug-likeness (QED) is 0.320. The van der Waals surface area contributed by atoms with Gasteiger partial charge in [-0.25, -0.2) is 4.98 Å². The minimum absolute atomic E-state index is 0.128. The molecular formula is C23H26N6O. The molecule has 0 amide bonds. The number of hydrogen-bond donors (Lipinski definition) is 3. The van der Waals surface area contributed by atoms with E-state index in [1.807, 2.05) is 12.1 Å². The Bertz CT molecular complexity index is 1120. The second-order valence-electron chi connectivity index (χ2n) is 7.07. The summed E-state index contributed by atoms with van der Waals surface area (Å²) >= 11 is 0. The summed E-state index contributed by atoms with van der Waals surface area (Å²) in [5.74, 6) is 2.78. The van der Waals surface area contributed by atoms with Crippen molar-refractivity contribution in [2.45, 2.75) is 26.3 Å². The van der Waals surface area contributed by atoms with E-state index in [0.29, 0.717) is 24.6 Å². The van der Waals surface area contributed by atoms with Crippen LogP contribution >= 0.6 is 0 Å². The standard InChI is InChI=1S/C23H26N6O/c1-3-24-23(25-13-12-21-27-22(29-28-21)20-9-6-14-30-20)26-16(2)18-11-10-17-7-4-5-8-19(17)15-18/h4-11,14-16H,3,12-13H2,1-2H3,(H2,24,25,26)(H,27,28,29). The van der Waals surface area contributed by atoms with Gasteiger partial charge in [-0.05, 0) is 48.4 Å². The SMILES string of the molecule is CCNC(=NCCc1nc(-c2ccco2)n[nH]1)NC(C)c1ccc2ccccc2c1. The van der Waals surface area contributed by atoms with Gasteiger partial charge in [0, 0.05) is 19.5 Å². The molecule has 0 aliphatic carbocycles. The molecule has 4 rings (SSSR count). The second-order valence-corrected chi connectivity index (χ2v) is 7.07. The van der Waals surface area contributed by atoms with Crippen molar-refractivity contribution in [3.63, 3.8) is 0 Å². The van der Waals surface area contributed by atoms with Gasteiger partial charge in [-0.15, -0.1) is 0 Å². The molecule has 30 heavy (non-hydrogen) atoms. The highest BCUT2D eigenvalue weighted by atomic mass is 16.3. The molecule has 2 aromatic heterocycles. The Morgan fingerprint density at radius 1 is 1.13 bits per heavy atom. The molecule has 0 spiro atoms. The number of guanidine groups is 1. The van der Waals surface area contributed by atoms with Gasteiger partial charge in [0.2, 0.25) is 5.82 Å². The summed E-state index contributed by atoms with van der Waals surface area (Å²) in [7, 11) is 0. The zero-order valence-electron chi connectivity index (χ0n) is 17.2. The number of hydrogen-bond acceptors (Lipinski definition) is 4. The van der Waals surface area contributed by atoms with E-state index in [9.17, 15) is 0 Å². The highest BCUT2D eigenvalue weighted by Gasteiger charge is 2.10. The second kappa shape index (κ2) is 9.26. The summed E-state index contributed by atoms with van der Waals surface area (Å²) in [6.07, 6.45) is 2.27. The topological polar surface area (TPSA) is 91.1 Å². The zero-order valence-corrected chi connectivity index (χ0v) is 17.2. The molecule has 154 valence electrons. The van der Waals surface area contributed by atoms with Crippen LogP contribution in [0.2, 0.25) is 0 Å². The molecule has 0 saturated carbocycles. The van der Waals surface area contributed by atoms with E-state index < -0.39 is 0 Å². The van der Waals surface area contributed by atoms with Gasteiger partial charge >= 0.3 is 0 Å². The molecule has 2 aromatic carbocycles. The lowest BCUT2D eigenvalue weighted by molar-refractivity contribution is 0.577. The number of nitrogens with one attached hydrogen (secondary N) is 3. The first-order valence-electron chi connectivity index (χ1n) is 10.2. The summed E-state index contributed by atoms with van der Waals surface area (Å²) in [5.41, 5.74) is 1.22. The highest BCUT2D eigenvalue weighted by Crippen LogP contribution is 2.20. The molecule has 0 bridgehead atoms. The molecular weight excluding hydrogens is 376 g/mol. The molecule has 0 radical (unpaired) electrons. The Hall–Kier alpha value is -3.61. The van der Waals surface area contributed by atoms with Crippen molar-refractivity contribution in [2.24, 2.45) is 4.99 Å². The van der Waals surface area contributed by atoms with E-state index in [-0.39, 0.29) is 6.04 Å². The largest absolute Gasteiger partial charge is 0.461 e. The molecule has 1 unspecified atom stereocenters. The Labute approximate surface area is 175 Å². The van der Waals surface area contributed by atoms with Gasteiger partial charge in [0.1, 0.15) is 5.82 Å². The first-order valence-corrected chi connectivity index (χ1v) is 10.2. The van der Waals surface area contributed by atoms with Crippen molar-refractivity contribution in [3.05, 3.63) is 72.2 Å². The molecule has 0 saturated heterocycles. The zero-order chi connectivity index (χ0) is 20.8. The van der Waals surface area contributed by atoms with E-state index in [0.717, 1.165) is 18.3 Å². The van der Waals surface area contributed by atoms with Crippen molar-refractivity contribution in [1.82, 2.24) is 25.8 Å². The molecule has 0 aliphatic rings. The van der Waals surface area contributed by atoms with Crippen molar-refractivity contribution in [3.8, 4) is 11.6 Å². The first-order chi connectivity index (χ1) is 14.7. The van der Waals surface area contributed by atoms with Crippen LogP contribution in [-0.2, 0) is 6.42 Å². The summed E-state index contributed by atoms with van der Waals surface area (Å²) in [5, 5.41) is 16.4. The smallest absolute Gasteiger partial charge is 0.216 e. The number of nitrogens with zero attached hydrogens (tertiary/aromatic N) is 3.